The second-order valence-electron chi connectivity index (χ2n) is 6.50. The van der Waals surface area contributed by atoms with Gasteiger partial charge in [-0.1, -0.05) is 35.0 Å². The molecule has 5 nitrogen and oxygen atoms in total. The number of aromatic nitrogens is 2. The van der Waals surface area contributed by atoms with Gasteiger partial charge < -0.3 is 4.90 Å². The summed E-state index contributed by atoms with van der Waals surface area (Å²) in [5.74, 6) is 1.06. The number of rotatable bonds is 4. The summed E-state index contributed by atoms with van der Waals surface area (Å²) in [5.41, 5.74) is 1.79. The van der Waals surface area contributed by atoms with Crippen molar-refractivity contribution in [3.8, 4) is 11.1 Å². The molecule has 1 fully saturated rings. The zero-order valence-electron chi connectivity index (χ0n) is 13.0. The van der Waals surface area contributed by atoms with E-state index in [9.17, 15) is 8.42 Å². The van der Waals surface area contributed by atoms with Crippen LogP contribution in [0.5, 0.6) is 0 Å². The lowest BCUT2D eigenvalue weighted by molar-refractivity contribution is 0.278. The molecule has 0 amide bonds. The van der Waals surface area contributed by atoms with E-state index in [1.54, 1.807) is 6.20 Å². The Hall–Kier alpha value is -1.47. The van der Waals surface area contributed by atoms with Gasteiger partial charge in [0.25, 0.3) is 0 Å². The van der Waals surface area contributed by atoms with Crippen LogP contribution in [0.2, 0.25) is 0 Å². The Morgan fingerprint density at radius 3 is 2.52 bits per heavy atom. The quantitative estimate of drug-likeness (QED) is 0.796. The van der Waals surface area contributed by atoms with Gasteiger partial charge in [0.1, 0.15) is 22.0 Å². The first-order valence-corrected chi connectivity index (χ1v) is 10.1. The lowest BCUT2D eigenvalue weighted by Gasteiger charge is -2.48. The van der Waals surface area contributed by atoms with E-state index in [1.165, 1.54) is 12.6 Å². The van der Waals surface area contributed by atoms with Gasteiger partial charge in [0.15, 0.2) is 0 Å². The Morgan fingerprint density at radius 1 is 1.26 bits per heavy atom. The Bertz CT molecular complexity index is 815. The summed E-state index contributed by atoms with van der Waals surface area (Å²) in [6, 6.07) is 8.00. The number of hydrogen-bond donors (Lipinski definition) is 0. The number of hydrogen-bond acceptors (Lipinski definition) is 5. The highest BCUT2D eigenvalue weighted by Gasteiger charge is 2.42. The van der Waals surface area contributed by atoms with Crippen molar-refractivity contribution in [1.82, 2.24) is 9.97 Å². The molecule has 2 heterocycles. The molecule has 0 radical (unpaired) electrons. The van der Waals surface area contributed by atoms with Gasteiger partial charge in [-0.15, -0.1) is 0 Å². The summed E-state index contributed by atoms with van der Waals surface area (Å²) < 4.78 is 24.1. The number of halogens is 1. The predicted octanol–water partition coefficient (Wildman–Crippen LogP) is 2.78. The van der Waals surface area contributed by atoms with E-state index < -0.39 is 9.84 Å². The second kappa shape index (κ2) is 5.87. The molecule has 0 N–H and O–H groups in total. The number of benzene rings is 1. The molecular weight excluding hydrogens is 378 g/mol. The molecule has 0 aliphatic carbocycles. The van der Waals surface area contributed by atoms with Crippen LogP contribution in [0.1, 0.15) is 6.92 Å². The third-order valence-corrected chi connectivity index (χ3v) is 5.65. The number of anilines is 1. The van der Waals surface area contributed by atoms with E-state index in [1.807, 2.05) is 31.2 Å². The molecule has 0 saturated carbocycles. The summed E-state index contributed by atoms with van der Waals surface area (Å²) in [6.07, 6.45) is 4.63. The Kier molecular flexibility index (Phi) is 4.18. The second-order valence-corrected chi connectivity index (χ2v) is 9.56. The molecule has 2 aromatic rings. The molecule has 1 aliphatic rings. The summed E-state index contributed by atoms with van der Waals surface area (Å²) in [4.78, 5) is 10.7. The van der Waals surface area contributed by atoms with Gasteiger partial charge in [-0.05, 0) is 17.7 Å². The van der Waals surface area contributed by atoms with E-state index in [4.69, 9.17) is 0 Å². The first kappa shape index (κ1) is 16.4. The van der Waals surface area contributed by atoms with E-state index in [0.29, 0.717) is 13.1 Å². The van der Waals surface area contributed by atoms with Crippen LogP contribution >= 0.6 is 15.9 Å². The number of sulfone groups is 1. The van der Waals surface area contributed by atoms with Crippen LogP contribution in [0.25, 0.3) is 11.1 Å². The lowest BCUT2D eigenvalue weighted by Crippen LogP contribution is -2.58. The highest BCUT2D eigenvalue weighted by atomic mass is 79.9. The van der Waals surface area contributed by atoms with Crippen LogP contribution < -0.4 is 4.90 Å². The smallest absolute Gasteiger partial charge is 0.148 e. The zero-order chi connectivity index (χ0) is 16.7. The Morgan fingerprint density at radius 2 is 1.91 bits per heavy atom. The Labute approximate surface area is 144 Å². The van der Waals surface area contributed by atoms with Crippen molar-refractivity contribution in [3.05, 3.63) is 41.3 Å². The van der Waals surface area contributed by atoms with Crippen molar-refractivity contribution in [2.45, 2.75) is 6.92 Å². The van der Waals surface area contributed by atoms with Crippen LogP contribution in [0.3, 0.4) is 0 Å². The van der Waals surface area contributed by atoms with Crippen LogP contribution in [0, 0.1) is 5.41 Å². The average Bonchev–Trinajstić information content (AvgIpc) is 2.44. The average molecular weight is 396 g/mol. The summed E-state index contributed by atoms with van der Waals surface area (Å²) in [6.45, 7) is 3.37. The lowest BCUT2D eigenvalue weighted by atomic mass is 9.83. The minimum absolute atomic E-state index is 0.204. The van der Waals surface area contributed by atoms with E-state index in [-0.39, 0.29) is 11.2 Å². The summed E-state index contributed by atoms with van der Waals surface area (Å²) in [7, 11) is -2.98. The summed E-state index contributed by atoms with van der Waals surface area (Å²) >= 11 is 3.43. The monoisotopic (exact) mass is 395 g/mol. The maximum absolute atomic E-state index is 11.6. The van der Waals surface area contributed by atoms with Gasteiger partial charge in [-0.2, -0.15) is 0 Å². The van der Waals surface area contributed by atoms with Gasteiger partial charge in [0, 0.05) is 41.0 Å². The van der Waals surface area contributed by atoms with Gasteiger partial charge in [-0.25, -0.2) is 18.4 Å². The van der Waals surface area contributed by atoms with Crippen molar-refractivity contribution in [1.29, 1.82) is 0 Å². The van der Waals surface area contributed by atoms with Gasteiger partial charge in [-0.3, -0.25) is 0 Å². The van der Waals surface area contributed by atoms with Crippen molar-refractivity contribution < 1.29 is 8.42 Å². The summed E-state index contributed by atoms with van der Waals surface area (Å²) in [5, 5.41) is 0. The van der Waals surface area contributed by atoms with Crippen molar-refractivity contribution in [3.63, 3.8) is 0 Å². The predicted molar refractivity (Wildman–Crippen MR) is 95.2 cm³/mol. The molecule has 122 valence electrons. The third kappa shape index (κ3) is 3.72. The topological polar surface area (TPSA) is 63.2 Å². The zero-order valence-corrected chi connectivity index (χ0v) is 15.4. The minimum Gasteiger partial charge on any atom is -0.355 e. The van der Waals surface area contributed by atoms with Gasteiger partial charge in [0.2, 0.25) is 0 Å². The normalized spacial score (nSPS) is 16.9. The number of nitrogens with zero attached hydrogens (tertiary/aromatic N) is 3. The maximum atomic E-state index is 11.6. The molecule has 7 heteroatoms. The minimum atomic E-state index is -2.98. The highest BCUT2D eigenvalue weighted by molar-refractivity contribution is 9.10. The van der Waals surface area contributed by atoms with E-state index in [2.05, 4.69) is 30.8 Å². The van der Waals surface area contributed by atoms with E-state index in [0.717, 1.165) is 21.4 Å². The Balaban J connectivity index is 1.85. The van der Waals surface area contributed by atoms with Crippen LogP contribution in [0.15, 0.2) is 41.3 Å². The molecule has 0 spiro atoms. The first-order chi connectivity index (χ1) is 10.8. The highest BCUT2D eigenvalue weighted by Crippen LogP contribution is 2.38. The molecule has 3 rings (SSSR count). The van der Waals surface area contributed by atoms with Crippen molar-refractivity contribution in [2.24, 2.45) is 5.41 Å². The van der Waals surface area contributed by atoms with Crippen molar-refractivity contribution in [2.75, 3.05) is 30.0 Å². The van der Waals surface area contributed by atoms with E-state index >= 15 is 0 Å². The van der Waals surface area contributed by atoms with Crippen LogP contribution in [0.4, 0.5) is 5.82 Å². The van der Waals surface area contributed by atoms with Gasteiger partial charge in [0.05, 0.1) is 5.75 Å². The fraction of sp³-hybridized carbons (Fsp3) is 0.375. The largest absolute Gasteiger partial charge is 0.355 e. The molecule has 0 bridgehead atoms. The fourth-order valence-corrected chi connectivity index (χ4v) is 4.87. The fourth-order valence-electron chi connectivity index (χ4n) is 3.16. The van der Waals surface area contributed by atoms with Gasteiger partial charge >= 0.3 is 0 Å². The standard InChI is InChI=1S/C16H18BrN3O2S/c1-16(10-23(2,21)22)8-20(9-16)15-14(7-18-11-19-15)12-3-5-13(17)6-4-12/h3-7,11H,8-10H2,1-2H3. The molecule has 0 unspecified atom stereocenters. The maximum Gasteiger partial charge on any atom is 0.148 e. The van der Waals surface area contributed by atoms with Crippen molar-refractivity contribution >= 4 is 31.6 Å². The van der Waals surface area contributed by atoms with Crippen LogP contribution in [-0.4, -0.2) is 43.5 Å². The molecule has 23 heavy (non-hydrogen) atoms. The SMILES string of the molecule is CC1(CS(C)(=O)=O)CN(c2ncncc2-c2ccc(Br)cc2)C1. The molecule has 1 aromatic carbocycles. The molecule has 0 atom stereocenters. The molecule has 1 saturated heterocycles. The first-order valence-electron chi connectivity index (χ1n) is 7.24. The molecule has 1 aliphatic heterocycles. The third-order valence-electron chi connectivity index (χ3n) is 3.90. The van der Waals surface area contributed by atoms with Crippen LogP contribution in [-0.2, 0) is 9.84 Å². The molecule has 1 aromatic heterocycles. The molecular formula is C16H18BrN3O2S.